The van der Waals surface area contributed by atoms with Crippen molar-refractivity contribution in [2.45, 2.75) is 32.8 Å². The van der Waals surface area contributed by atoms with Crippen molar-refractivity contribution in [2.75, 3.05) is 0 Å². The van der Waals surface area contributed by atoms with Crippen LogP contribution in [0, 0.1) is 0 Å². The van der Waals surface area contributed by atoms with Crippen molar-refractivity contribution in [1.82, 2.24) is 9.78 Å². The summed E-state index contributed by atoms with van der Waals surface area (Å²) in [6, 6.07) is 0. The quantitative estimate of drug-likeness (QED) is 0.735. The Kier molecular flexibility index (Phi) is 3.29. The fourth-order valence-electron chi connectivity index (χ4n) is 1.27. The van der Waals surface area contributed by atoms with Crippen LogP contribution in [0.15, 0.2) is 6.20 Å². The summed E-state index contributed by atoms with van der Waals surface area (Å²) in [5, 5.41) is 13.3. The van der Waals surface area contributed by atoms with Crippen molar-refractivity contribution in [3.8, 4) is 0 Å². The highest BCUT2D eigenvalue weighted by molar-refractivity contribution is 5.15. The van der Waals surface area contributed by atoms with E-state index >= 15 is 0 Å². The topological polar surface area (TPSA) is 38.0 Å². The summed E-state index contributed by atoms with van der Waals surface area (Å²) < 4.78 is 1.76. The van der Waals surface area contributed by atoms with E-state index in [-0.39, 0.29) is 6.61 Å². The molecule has 0 aliphatic carbocycles. The molecule has 0 aliphatic rings. The monoisotopic (exact) mass is 168 g/mol. The van der Waals surface area contributed by atoms with Crippen LogP contribution >= 0.6 is 0 Å². The Balaban J connectivity index is 2.68. The minimum Gasteiger partial charge on any atom is -0.392 e. The number of aromatic nitrogens is 2. The predicted octanol–water partition coefficient (Wildman–Crippen LogP) is 1.25. The maximum absolute atomic E-state index is 8.98. The van der Waals surface area contributed by atoms with Gasteiger partial charge in [0.1, 0.15) is 0 Å². The van der Waals surface area contributed by atoms with Gasteiger partial charge in [-0.25, -0.2) is 0 Å². The molecule has 1 aromatic heterocycles. The van der Waals surface area contributed by atoms with Crippen molar-refractivity contribution in [1.29, 1.82) is 0 Å². The van der Waals surface area contributed by atoms with Gasteiger partial charge in [0.05, 0.1) is 12.3 Å². The highest BCUT2D eigenvalue weighted by Gasteiger charge is 2.04. The Labute approximate surface area is 73.0 Å². The smallest absolute Gasteiger partial charge is 0.0715 e. The third-order valence-electron chi connectivity index (χ3n) is 1.93. The highest BCUT2D eigenvalue weighted by Crippen LogP contribution is 2.09. The third kappa shape index (κ3) is 2.08. The molecular weight excluding hydrogens is 152 g/mol. The second-order valence-corrected chi connectivity index (χ2v) is 3.04. The molecule has 12 heavy (non-hydrogen) atoms. The molecule has 0 aliphatic heterocycles. The average Bonchev–Trinajstić information content (AvgIpc) is 2.42. The Morgan fingerprint density at radius 3 is 2.92 bits per heavy atom. The number of aryl methyl sites for hydroxylation is 2. The molecule has 1 rings (SSSR count). The summed E-state index contributed by atoms with van der Waals surface area (Å²) in [5.74, 6) is 0. The fourth-order valence-corrected chi connectivity index (χ4v) is 1.27. The molecule has 0 aromatic carbocycles. The van der Waals surface area contributed by atoms with Gasteiger partial charge < -0.3 is 5.11 Å². The normalized spacial score (nSPS) is 10.6. The molecule has 1 N–H and O–H groups in total. The van der Waals surface area contributed by atoms with Gasteiger partial charge in [-0.2, -0.15) is 5.10 Å². The van der Waals surface area contributed by atoms with E-state index in [9.17, 15) is 0 Å². The van der Waals surface area contributed by atoms with Crippen LogP contribution in [-0.4, -0.2) is 14.9 Å². The second kappa shape index (κ2) is 4.26. The summed E-state index contributed by atoms with van der Waals surface area (Å²) in [5.41, 5.74) is 2.01. The molecule has 0 spiro atoms. The first kappa shape index (κ1) is 9.26. The molecular formula is C9H16N2O. The lowest BCUT2D eigenvalue weighted by Gasteiger charge is -1.96. The molecule has 68 valence electrons. The maximum atomic E-state index is 8.98. The number of hydrogen-bond donors (Lipinski definition) is 1. The molecule has 0 amide bonds. The van der Waals surface area contributed by atoms with Crippen molar-refractivity contribution in [2.24, 2.45) is 7.05 Å². The molecule has 1 heterocycles. The Morgan fingerprint density at radius 2 is 2.33 bits per heavy atom. The van der Waals surface area contributed by atoms with Crippen LogP contribution in [0.25, 0.3) is 0 Å². The van der Waals surface area contributed by atoms with E-state index in [4.69, 9.17) is 5.11 Å². The predicted molar refractivity (Wildman–Crippen MR) is 47.7 cm³/mol. The van der Waals surface area contributed by atoms with Gasteiger partial charge in [-0.1, -0.05) is 13.3 Å². The third-order valence-corrected chi connectivity index (χ3v) is 1.93. The highest BCUT2D eigenvalue weighted by atomic mass is 16.3. The molecule has 0 fully saturated rings. The van der Waals surface area contributed by atoms with Crippen LogP contribution in [0.3, 0.4) is 0 Å². The summed E-state index contributed by atoms with van der Waals surface area (Å²) in [6.45, 7) is 2.26. The van der Waals surface area contributed by atoms with Gasteiger partial charge in [0.2, 0.25) is 0 Å². The Morgan fingerprint density at radius 1 is 1.58 bits per heavy atom. The lowest BCUT2D eigenvalue weighted by Crippen LogP contribution is -1.93. The second-order valence-electron chi connectivity index (χ2n) is 3.04. The number of hydrogen-bond acceptors (Lipinski definition) is 2. The zero-order valence-corrected chi connectivity index (χ0v) is 7.75. The van der Waals surface area contributed by atoms with Gasteiger partial charge in [0.25, 0.3) is 0 Å². The van der Waals surface area contributed by atoms with Crippen LogP contribution in [0.2, 0.25) is 0 Å². The summed E-state index contributed by atoms with van der Waals surface area (Å²) in [4.78, 5) is 0. The molecule has 0 atom stereocenters. The molecule has 0 bridgehead atoms. The van der Waals surface area contributed by atoms with Crippen LogP contribution in [0.4, 0.5) is 0 Å². The number of aliphatic hydroxyl groups is 1. The molecule has 0 radical (unpaired) electrons. The largest absolute Gasteiger partial charge is 0.392 e. The van der Waals surface area contributed by atoms with E-state index in [0.29, 0.717) is 0 Å². The fraction of sp³-hybridized carbons (Fsp3) is 0.667. The Bertz CT molecular complexity index is 243. The molecule has 0 saturated heterocycles. The van der Waals surface area contributed by atoms with E-state index < -0.39 is 0 Å². The first-order chi connectivity index (χ1) is 5.77. The van der Waals surface area contributed by atoms with Gasteiger partial charge in [0, 0.05) is 18.8 Å². The zero-order valence-electron chi connectivity index (χ0n) is 7.75. The van der Waals surface area contributed by atoms with Gasteiger partial charge in [-0.05, 0) is 12.8 Å². The molecule has 0 saturated carbocycles. The SMILES string of the molecule is CCCCc1nn(C)cc1CO. The molecule has 1 aromatic rings. The summed E-state index contributed by atoms with van der Waals surface area (Å²) in [6.07, 6.45) is 5.17. The van der Waals surface area contributed by atoms with Crippen molar-refractivity contribution < 1.29 is 5.11 Å². The first-order valence-corrected chi connectivity index (χ1v) is 4.40. The molecule has 3 heteroatoms. The molecule has 3 nitrogen and oxygen atoms in total. The van der Waals surface area contributed by atoms with Crippen molar-refractivity contribution in [3.05, 3.63) is 17.5 Å². The van der Waals surface area contributed by atoms with Crippen LogP contribution in [0.1, 0.15) is 31.0 Å². The summed E-state index contributed by atoms with van der Waals surface area (Å²) >= 11 is 0. The Hall–Kier alpha value is -0.830. The van der Waals surface area contributed by atoms with Gasteiger partial charge >= 0.3 is 0 Å². The van der Waals surface area contributed by atoms with E-state index in [1.54, 1.807) is 4.68 Å². The van der Waals surface area contributed by atoms with Gasteiger partial charge in [0.15, 0.2) is 0 Å². The number of aliphatic hydroxyl groups excluding tert-OH is 1. The van der Waals surface area contributed by atoms with E-state index in [1.807, 2.05) is 13.2 Å². The minimum atomic E-state index is 0.104. The van der Waals surface area contributed by atoms with Gasteiger partial charge in [-0.15, -0.1) is 0 Å². The lowest BCUT2D eigenvalue weighted by molar-refractivity contribution is 0.280. The van der Waals surface area contributed by atoms with Crippen LogP contribution in [-0.2, 0) is 20.1 Å². The standard InChI is InChI=1S/C9H16N2O/c1-3-4-5-9-8(7-12)6-11(2)10-9/h6,12H,3-5,7H2,1-2H3. The number of rotatable bonds is 4. The minimum absolute atomic E-state index is 0.104. The zero-order chi connectivity index (χ0) is 8.97. The van der Waals surface area contributed by atoms with Crippen LogP contribution < -0.4 is 0 Å². The van der Waals surface area contributed by atoms with E-state index in [2.05, 4.69) is 12.0 Å². The van der Waals surface area contributed by atoms with Crippen LogP contribution in [0.5, 0.6) is 0 Å². The first-order valence-electron chi connectivity index (χ1n) is 4.40. The van der Waals surface area contributed by atoms with E-state index in [0.717, 1.165) is 24.1 Å². The van der Waals surface area contributed by atoms with Crippen molar-refractivity contribution in [3.63, 3.8) is 0 Å². The van der Waals surface area contributed by atoms with Crippen molar-refractivity contribution >= 4 is 0 Å². The average molecular weight is 168 g/mol. The summed E-state index contributed by atoms with van der Waals surface area (Å²) in [7, 11) is 1.88. The number of unbranched alkanes of at least 4 members (excludes halogenated alkanes) is 1. The number of nitrogens with zero attached hydrogens (tertiary/aromatic N) is 2. The lowest BCUT2D eigenvalue weighted by atomic mass is 10.1. The van der Waals surface area contributed by atoms with Gasteiger partial charge in [-0.3, -0.25) is 4.68 Å². The van der Waals surface area contributed by atoms with E-state index in [1.165, 1.54) is 6.42 Å². The maximum Gasteiger partial charge on any atom is 0.0715 e. The molecule has 0 unspecified atom stereocenters.